The van der Waals surface area contributed by atoms with E-state index in [-0.39, 0.29) is 30.1 Å². The molecular weight excluding hydrogens is 446 g/mol. The number of hydrogen-bond acceptors (Lipinski definition) is 3. The Balaban J connectivity index is 1.52. The Bertz CT molecular complexity index is 1180. The van der Waals surface area contributed by atoms with Crippen molar-refractivity contribution in [1.82, 2.24) is 9.88 Å². The van der Waals surface area contributed by atoms with Crippen LogP contribution >= 0.6 is 23.2 Å². The minimum absolute atomic E-state index is 0.162. The van der Waals surface area contributed by atoms with Crippen molar-refractivity contribution in [1.29, 1.82) is 0 Å². The van der Waals surface area contributed by atoms with E-state index in [9.17, 15) is 19.1 Å². The monoisotopic (exact) mass is 464 g/mol. The van der Waals surface area contributed by atoms with E-state index in [2.05, 4.69) is 5.32 Å². The molecular formula is C22H19Cl2FN2O4. The topological polar surface area (TPSA) is 80.6 Å². The first-order valence-corrected chi connectivity index (χ1v) is 10.5. The summed E-state index contributed by atoms with van der Waals surface area (Å²) in [6.07, 6.45) is 1.60. The molecule has 0 bridgehead atoms. The average molecular weight is 465 g/mol. The number of carboxylic acid groups (broad SMARTS) is 1. The van der Waals surface area contributed by atoms with Gasteiger partial charge in [0, 0.05) is 22.1 Å². The number of aromatic nitrogens is 1. The van der Waals surface area contributed by atoms with Gasteiger partial charge in [-0.3, -0.25) is 9.59 Å². The predicted octanol–water partition coefficient (Wildman–Crippen LogP) is 4.22. The second-order valence-electron chi connectivity index (χ2n) is 7.44. The molecule has 3 aromatic rings. The Kier molecular flexibility index (Phi) is 6.07. The Morgan fingerprint density at radius 2 is 2.06 bits per heavy atom. The van der Waals surface area contributed by atoms with Gasteiger partial charge >= 0.3 is 5.97 Å². The molecule has 4 rings (SSSR count). The van der Waals surface area contributed by atoms with Gasteiger partial charge in [0.25, 0.3) is 5.91 Å². The number of carbonyl (C=O) groups excluding carboxylic acids is 1. The largest absolute Gasteiger partial charge is 0.484 e. The van der Waals surface area contributed by atoms with Gasteiger partial charge in [0.15, 0.2) is 6.61 Å². The van der Waals surface area contributed by atoms with Crippen molar-refractivity contribution in [2.75, 3.05) is 6.61 Å². The summed E-state index contributed by atoms with van der Waals surface area (Å²) >= 11 is 12.2. The zero-order valence-corrected chi connectivity index (χ0v) is 17.8. The van der Waals surface area contributed by atoms with E-state index >= 15 is 0 Å². The summed E-state index contributed by atoms with van der Waals surface area (Å²) in [7, 11) is 0. The molecule has 1 aliphatic rings. The van der Waals surface area contributed by atoms with E-state index in [1.54, 1.807) is 28.8 Å². The number of carboxylic acids is 1. The van der Waals surface area contributed by atoms with E-state index in [0.717, 1.165) is 11.3 Å². The fraction of sp³-hybridized carbons (Fsp3) is 0.273. The number of amides is 1. The molecule has 1 atom stereocenters. The van der Waals surface area contributed by atoms with E-state index in [1.807, 2.05) is 0 Å². The molecule has 1 aliphatic carbocycles. The maximum absolute atomic E-state index is 14.0. The third kappa shape index (κ3) is 4.62. The summed E-state index contributed by atoms with van der Waals surface area (Å²) in [5.74, 6) is -1.29. The first-order valence-electron chi connectivity index (χ1n) is 9.70. The van der Waals surface area contributed by atoms with Gasteiger partial charge in [0.05, 0.1) is 10.5 Å². The third-order valence-electron chi connectivity index (χ3n) is 5.30. The van der Waals surface area contributed by atoms with E-state index < -0.39 is 11.8 Å². The number of benzene rings is 2. The molecule has 0 radical (unpaired) electrons. The highest BCUT2D eigenvalue weighted by Crippen LogP contribution is 2.36. The number of carbonyl (C=O) groups is 2. The van der Waals surface area contributed by atoms with Gasteiger partial charge in [0.2, 0.25) is 0 Å². The van der Waals surface area contributed by atoms with Crippen molar-refractivity contribution in [2.24, 2.45) is 0 Å². The first kappa shape index (κ1) is 21.5. The van der Waals surface area contributed by atoms with Crippen LogP contribution in [0, 0.1) is 5.82 Å². The van der Waals surface area contributed by atoms with Crippen molar-refractivity contribution < 1.29 is 23.8 Å². The smallest absolute Gasteiger partial charge is 0.323 e. The molecule has 9 heteroatoms. The quantitative estimate of drug-likeness (QED) is 0.571. The normalized spacial score (nSPS) is 15.5. The number of aliphatic carboxylic acids is 1. The van der Waals surface area contributed by atoms with Gasteiger partial charge in [-0.05, 0) is 55.2 Å². The van der Waals surface area contributed by atoms with Crippen LogP contribution in [-0.4, -0.2) is 34.2 Å². The van der Waals surface area contributed by atoms with Gasteiger partial charge in [0.1, 0.15) is 18.1 Å². The van der Waals surface area contributed by atoms with Crippen molar-refractivity contribution in [2.45, 2.75) is 31.8 Å². The van der Waals surface area contributed by atoms with Crippen molar-refractivity contribution in [3.8, 4) is 5.75 Å². The number of ether oxygens (including phenoxy) is 1. The fourth-order valence-corrected chi connectivity index (χ4v) is 4.59. The molecule has 6 nitrogen and oxygen atoms in total. The van der Waals surface area contributed by atoms with Crippen LogP contribution in [0.15, 0.2) is 36.4 Å². The van der Waals surface area contributed by atoms with Crippen LogP contribution < -0.4 is 10.1 Å². The summed E-state index contributed by atoms with van der Waals surface area (Å²) in [4.78, 5) is 23.7. The second-order valence-corrected chi connectivity index (χ2v) is 8.29. The zero-order valence-electron chi connectivity index (χ0n) is 16.3. The lowest BCUT2D eigenvalue weighted by Gasteiger charge is -2.25. The summed E-state index contributed by atoms with van der Waals surface area (Å²) < 4.78 is 21.1. The van der Waals surface area contributed by atoms with Crippen LogP contribution in [0.5, 0.6) is 5.75 Å². The highest BCUT2D eigenvalue weighted by Gasteiger charge is 2.28. The third-order valence-corrected chi connectivity index (χ3v) is 5.83. The van der Waals surface area contributed by atoms with Gasteiger partial charge in [-0.15, -0.1) is 0 Å². The minimum Gasteiger partial charge on any atom is -0.484 e. The van der Waals surface area contributed by atoms with Crippen LogP contribution in [0.1, 0.15) is 17.7 Å². The maximum atomic E-state index is 14.0. The highest BCUT2D eigenvalue weighted by atomic mass is 35.5. The molecule has 0 fully saturated rings. The molecule has 1 amide bonds. The molecule has 0 aliphatic heterocycles. The number of nitrogens with zero attached hydrogens (tertiary/aromatic N) is 1. The lowest BCUT2D eigenvalue weighted by molar-refractivity contribution is -0.137. The number of hydrogen-bond donors (Lipinski definition) is 2. The Hall–Kier alpha value is -2.77. The minimum atomic E-state index is -1.01. The molecule has 0 saturated carbocycles. The highest BCUT2D eigenvalue weighted by molar-refractivity contribution is 6.35. The Labute approximate surface area is 187 Å². The van der Waals surface area contributed by atoms with Gasteiger partial charge in [-0.2, -0.15) is 0 Å². The van der Waals surface area contributed by atoms with E-state index in [4.69, 9.17) is 27.9 Å². The van der Waals surface area contributed by atoms with Crippen molar-refractivity contribution >= 4 is 46.0 Å². The number of fused-ring (bicyclic) bond motifs is 3. The van der Waals surface area contributed by atoms with Crippen LogP contribution in [0.3, 0.4) is 0 Å². The molecule has 0 spiro atoms. The molecule has 2 aromatic carbocycles. The molecule has 0 saturated heterocycles. The number of nitrogens with one attached hydrogen (secondary N) is 1. The fourth-order valence-electron chi connectivity index (χ4n) is 4.10. The van der Waals surface area contributed by atoms with E-state index in [1.165, 1.54) is 12.1 Å². The lowest BCUT2D eigenvalue weighted by Crippen LogP contribution is -2.41. The predicted molar refractivity (Wildman–Crippen MR) is 115 cm³/mol. The molecule has 1 aromatic heterocycles. The second kappa shape index (κ2) is 8.77. The van der Waals surface area contributed by atoms with Crippen molar-refractivity contribution in [3.05, 3.63) is 63.5 Å². The van der Waals surface area contributed by atoms with Crippen LogP contribution in [0.2, 0.25) is 10.0 Å². The maximum Gasteiger partial charge on any atom is 0.323 e. The number of halogens is 3. The lowest BCUT2D eigenvalue weighted by atomic mass is 9.91. The Morgan fingerprint density at radius 3 is 2.81 bits per heavy atom. The Morgan fingerprint density at radius 1 is 1.26 bits per heavy atom. The van der Waals surface area contributed by atoms with Crippen molar-refractivity contribution in [3.63, 3.8) is 0 Å². The first-order chi connectivity index (χ1) is 14.8. The summed E-state index contributed by atoms with van der Waals surface area (Å²) in [5, 5.41) is 13.5. The molecule has 31 heavy (non-hydrogen) atoms. The van der Waals surface area contributed by atoms with Gasteiger partial charge < -0.3 is 19.7 Å². The summed E-state index contributed by atoms with van der Waals surface area (Å²) in [6, 6.07) is 9.14. The molecule has 162 valence electrons. The molecule has 0 unspecified atom stereocenters. The summed E-state index contributed by atoms with van der Waals surface area (Å²) in [5.41, 5.74) is 2.13. The van der Waals surface area contributed by atoms with Gasteiger partial charge in [-0.1, -0.05) is 29.3 Å². The zero-order chi connectivity index (χ0) is 22.1. The van der Waals surface area contributed by atoms with Crippen LogP contribution in [0.25, 0.3) is 10.9 Å². The van der Waals surface area contributed by atoms with Gasteiger partial charge in [-0.25, -0.2) is 4.39 Å². The number of rotatable bonds is 6. The van der Waals surface area contributed by atoms with Crippen LogP contribution in [-0.2, 0) is 29.0 Å². The van der Waals surface area contributed by atoms with E-state index in [0.29, 0.717) is 40.9 Å². The SMILES string of the molecule is O=C(O)Cn1c2c(c3cc(F)cc(Cl)c31)C[C@H](NC(=O)COc1cccc(Cl)c1)CC2. The molecule has 2 N–H and O–H groups in total. The summed E-state index contributed by atoms with van der Waals surface area (Å²) in [6.45, 7) is -0.424. The standard InChI is InChI=1S/C22H19Cl2FN2O4/c23-12-2-1-3-15(6-12)31-11-20(28)26-14-4-5-19-16(9-14)17-7-13(25)8-18(24)22(17)27(19)10-21(29)30/h1-3,6-8,14H,4-5,9-11H2,(H,26,28)(H,29,30)/t14-/m1/s1. The molecule has 1 heterocycles. The average Bonchev–Trinajstić information content (AvgIpc) is 2.99. The van der Waals surface area contributed by atoms with Crippen LogP contribution in [0.4, 0.5) is 4.39 Å².